The van der Waals surface area contributed by atoms with Crippen molar-refractivity contribution in [3.8, 4) is 0 Å². The van der Waals surface area contributed by atoms with Gasteiger partial charge in [-0.25, -0.2) is 0 Å². The van der Waals surface area contributed by atoms with Gasteiger partial charge < -0.3 is 9.84 Å². The minimum absolute atomic E-state index is 0.0122. The average molecular weight is 144 g/mol. The minimum atomic E-state index is -0.0122. The van der Waals surface area contributed by atoms with Gasteiger partial charge in [-0.05, 0) is 5.41 Å². The Morgan fingerprint density at radius 2 is 2.00 bits per heavy atom. The largest absolute Gasteiger partial charge is 0.396 e. The highest BCUT2D eigenvalue weighted by molar-refractivity contribution is 5.01. The van der Waals surface area contributed by atoms with Crippen molar-refractivity contribution >= 4 is 0 Å². The van der Waals surface area contributed by atoms with E-state index < -0.39 is 0 Å². The molecule has 0 bridgehead atoms. The zero-order valence-corrected chi connectivity index (χ0v) is 6.98. The zero-order chi connectivity index (χ0) is 7.83. The monoisotopic (exact) mass is 144 g/mol. The van der Waals surface area contributed by atoms with Crippen LogP contribution in [0, 0.1) is 5.41 Å². The molecule has 1 aliphatic rings. The van der Waals surface area contributed by atoms with Crippen molar-refractivity contribution in [1.82, 2.24) is 0 Å². The first-order valence-corrected chi connectivity index (χ1v) is 3.77. The Bertz CT molecular complexity index is 120. The molecule has 0 aromatic carbocycles. The molecule has 0 spiro atoms. The molecule has 10 heavy (non-hydrogen) atoms. The summed E-state index contributed by atoms with van der Waals surface area (Å²) in [5, 5.41) is 8.73. The number of hydrogen-bond acceptors (Lipinski definition) is 2. The first-order valence-electron chi connectivity index (χ1n) is 3.77. The van der Waals surface area contributed by atoms with Gasteiger partial charge in [0, 0.05) is 13.0 Å². The third-order valence-electron chi connectivity index (χ3n) is 2.38. The van der Waals surface area contributed by atoms with Crippen molar-refractivity contribution in [3.63, 3.8) is 0 Å². The van der Waals surface area contributed by atoms with Gasteiger partial charge in [0.2, 0.25) is 0 Å². The number of epoxide rings is 1. The lowest BCUT2D eigenvalue weighted by Crippen LogP contribution is -2.31. The Balaban J connectivity index is 2.52. The van der Waals surface area contributed by atoms with E-state index in [1.807, 2.05) is 0 Å². The topological polar surface area (TPSA) is 32.8 Å². The summed E-state index contributed by atoms with van der Waals surface area (Å²) in [6.07, 6.45) is 0.774. The van der Waals surface area contributed by atoms with Gasteiger partial charge in [0.15, 0.2) is 0 Å². The highest BCUT2D eigenvalue weighted by atomic mass is 16.6. The Labute approximate surface area is 62.2 Å². The minimum Gasteiger partial charge on any atom is -0.396 e. The van der Waals surface area contributed by atoms with Gasteiger partial charge in [0.05, 0.1) is 12.2 Å². The molecule has 1 unspecified atom stereocenters. The van der Waals surface area contributed by atoms with E-state index in [0.717, 1.165) is 13.0 Å². The SMILES string of the molecule is CC(C)(C)C1(CCO)CO1. The summed E-state index contributed by atoms with van der Waals surface area (Å²) in [5.74, 6) is 0. The van der Waals surface area contributed by atoms with E-state index >= 15 is 0 Å². The molecule has 0 aliphatic carbocycles. The maximum atomic E-state index is 8.73. The molecule has 1 fully saturated rings. The summed E-state index contributed by atoms with van der Waals surface area (Å²) in [6, 6.07) is 0. The molecule has 2 heteroatoms. The van der Waals surface area contributed by atoms with Crippen LogP contribution >= 0.6 is 0 Å². The molecule has 0 aromatic heterocycles. The van der Waals surface area contributed by atoms with Crippen LogP contribution in [0.15, 0.2) is 0 Å². The van der Waals surface area contributed by atoms with Gasteiger partial charge >= 0.3 is 0 Å². The normalized spacial score (nSPS) is 32.4. The lowest BCUT2D eigenvalue weighted by Gasteiger charge is -2.26. The fourth-order valence-electron chi connectivity index (χ4n) is 1.22. The second-order valence-corrected chi connectivity index (χ2v) is 4.01. The third-order valence-corrected chi connectivity index (χ3v) is 2.38. The quantitative estimate of drug-likeness (QED) is 0.590. The van der Waals surface area contributed by atoms with E-state index in [9.17, 15) is 0 Å². The van der Waals surface area contributed by atoms with Gasteiger partial charge in [-0.1, -0.05) is 20.8 Å². The van der Waals surface area contributed by atoms with Crippen LogP contribution in [0.2, 0.25) is 0 Å². The van der Waals surface area contributed by atoms with E-state index in [-0.39, 0.29) is 17.6 Å². The number of aliphatic hydroxyl groups is 1. The highest BCUT2D eigenvalue weighted by Crippen LogP contribution is 2.46. The number of hydrogen-bond donors (Lipinski definition) is 1. The summed E-state index contributed by atoms with van der Waals surface area (Å²) in [5.41, 5.74) is 0.164. The summed E-state index contributed by atoms with van der Waals surface area (Å²) >= 11 is 0. The van der Waals surface area contributed by atoms with Crippen molar-refractivity contribution in [3.05, 3.63) is 0 Å². The Kier molecular flexibility index (Phi) is 1.77. The maximum Gasteiger partial charge on any atom is 0.0986 e. The molecule has 0 aromatic rings. The van der Waals surface area contributed by atoms with Crippen molar-refractivity contribution in [2.45, 2.75) is 32.8 Å². The zero-order valence-electron chi connectivity index (χ0n) is 6.98. The van der Waals surface area contributed by atoms with Crippen molar-refractivity contribution in [2.24, 2.45) is 5.41 Å². The summed E-state index contributed by atoms with van der Waals surface area (Å²) in [7, 11) is 0. The lowest BCUT2D eigenvalue weighted by molar-refractivity contribution is 0.117. The van der Waals surface area contributed by atoms with Crippen LogP contribution in [0.3, 0.4) is 0 Å². The number of ether oxygens (including phenoxy) is 1. The first kappa shape index (κ1) is 8.02. The predicted octanol–water partition coefficient (Wildman–Crippen LogP) is 1.18. The maximum absolute atomic E-state index is 8.73. The summed E-state index contributed by atoms with van der Waals surface area (Å²) < 4.78 is 5.34. The smallest absolute Gasteiger partial charge is 0.0986 e. The molecule has 1 N–H and O–H groups in total. The summed E-state index contributed by atoms with van der Waals surface area (Å²) in [4.78, 5) is 0. The van der Waals surface area contributed by atoms with Crippen LogP contribution in [0.1, 0.15) is 27.2 Å². The third kappa shape index (κ3) is 1.18. The van der Waals surface area contributed by atoms with Crippen LogP contribution in [0.25, 0.3) is 0 Å². The van der Waals surface area contributed by atoms with Crippen molar-refractivity contribution in [1.29, 1.82) is 0 Å². The highest BCUT2D eigenvalue weighted by Gasteiger charge is 2.53. The second-order valence-electron chi connectivity index (χ2n) is 4.01. The molecule has 1 aliphatic heterocycles. The fourth-order valence-corrected chi connectivity index (χ4v) is 1.22. The van der Waals surface area contributed by atoms with Gasteiger partial charge in [-0.2, -0.15) is 0 Å². The number of rotatable bonds is 2. The van der Waals surface area contributed by atoms with E-state index in [0.29, 0.717) is 0 Å². The number of aliphatic hydroxyl groups excluding tert-OH is 1. The Morgan fingerprint density at radius 1 is 1.50 bits per heavy atom. The van der Waals surface area contributed by atoms with E-state index in [1.54, 1.807) is 0 Å². The molecule has 1 saturated heterocycles. The van der Waals surface area contributed by atoms with Crippen LogP contribution in [0.5, 0.6) is 0 Å². The fraction of sp³-hybridized carbons (Fsp3) is 1.00. The Morgan fingerprint density at radius 3 is 2.10 bits per heavy atom. The Hall–Kier alpha value is -0.0800. The van der Waals surface area contributed by atoms with E-state index in [2.05, 4.69) is 20.8 Å². The molecule has 0 radical (unpaired) electrons. The molecule has 1 rings (SSSR count). The lowest BCUT2D eigenvalue weighted by atomic mass is 9.79. The molecule has 0 saturated carbocycles. The van der Waals surface area contributed by atoms with Crippen molar-refractivity contribution in [2.75, 3.05) is 13.2 Å². The average Bonchev–Trinajstić information content (AvgIpc) is 2.45. The van der Waals surface area contributed by atoms with Crippen molar-refractivity contribution < 1.29 is 9.84 Å². The van der Waals surface area contributed by atoms with Gasteiger partial charge in [-0.3, -0.25) is 0 Å². The van der Waals surface area contributed by atoms with E-state index in [1.165, 1.54) is 0 Å². The standard InChI is InChI=1S/C8H16O2/c1-7(2,3)8(4-5-9)6-10-8/h9H,4-6H2,1-3H3. The molecule has 2 nitrogen and oxygen atoms in total. The van der Waals surface area contributed by atoms with Crippen LogP contribution in [-0.4, -0.2) is 23.9 Å². The van der Waals surface area contributed by atoms with Crippen LogP contribution < -0.4 is 0 Å². The van der Waals surface area contributed by atoms with Gasteiger partial charge in [0.25, 0.3) is 0 Å². The first-order chi connectivity index (χ1) is 4.52. The van der Waals surface area contributed by atoms with Gasteiger partial charge in [0.1, 0.15) is 0 Å². The predicted molar refractivity (Wildman–Crippen MR) is 39.8 cm³/mol. The van der Waals surface area contributed by atoms with Crippen LogP contribution in [-0.2, 0) is 4.74 Å². The van der Waals surface area contributed by atoms with Gasteiger partial charge in [-0.15, -0.1) is 0 Å². The van der Waals surface area contributed by atoms with E-state index in [4.69, 9.17) is 9.84 Å². The van der Waals surface area contributed by atoms with Crippen LogP contribution in [0.4, 0.5) is 0 Å². The molecule has 1 atom stereocenters. The summed E-state index contributed by atoms with van der Waals surface area (Å²) in [6.45, 7) is 7.50. The second kappa shape index (κ2) is 2.21. The molecule has 0 amide bonds. The molecular formula is C8H16O2. The molecule has 1 heterocycles. The molecular weight excluding hydrogens is 128 g/mol. The molecule has 60 valence electrons.